The second-order valence-electron chi connectivity index (χ2n) is 7.64. The van der Waals surface area contributed by atoms with Crippen LogP contribution in [0.1, 0.15) is 45.1 Å². The van der Waals surface area contributed by atoms with Crippen molar-refractivity contribution >= 4 is 34.6 Å². The number of amides is 1. The highest BCUT2D eigenvalue weighted by molar-refractivity contribution is 6.29. The molecule has 4 rings (SSSR count). The molecule has 2 aromatic rings. The molecule has 1 saturated carbocycles. The Labute approximate surface area is 156 Å². The van der Waals surface area contributed by atoms with Crippen molar-refractivity contribution in [3.8, 4) is 0 Å². The highest BCUT2D eigenvalue weighted by Crippen LogP contribution is 2.37. The molecule has 6 nitrogen and oxygen atoms in total. The minimum absolute atomic E-state index is 0.168. The maximum absolute atomic E-state index is 14.2. The standard InChI is InChI=1S/C18H23ClFN5O/c1-18(20)8-3-9-24(11-18)10-15(26)23-17-21-13-6-7-14(19)22-16(13)25(17)12-4-2-5-12/h6-7,12H,2-5,8-11H2,1H3,(H,21,23,26). The lowest BCUT2D eigenvalue weighted by atomic mass is 9.93. The molecule has 3 heterocycles. The van der Waals surface area contributed by atoms with E-state index in [9.17, 15) is 9.18 Å². The van der Waals surface area contributed by atoms with Gasteiger partial charge >= 0.3 is 0 Å². The molecule has 0 bridgehead atoms. The molecule has 0 spiro atoms. The molecule has 0 radical (unpaired) electrons. The second kappa shape index (κ2) is 6.78. The smallest absolute Gasteiger partial charge is 0.240 e. The Kier molecular flexibility index (Phi) is 4.61. The van der Waals surface area contributed by atoms with E-state index in [1.807, 2.05) is 15.5 Å². The lowest BCUT2D eigenvalue weighted by Gasteiger charge is -2.34. The molecule has 1 unspecified atom stereocenters. The Morgan fingerprint density at radius 2 is 2.19 bits per heavy atom. The number of rotatable bonds is 4. The molecule has 8 heteroatoms. The first-order valence-corrected chi connectivity index (χ1v) is 9.55. The number of nitrogens with zero attached hydrogens (tertiary/aromatic N) is 4. The molecule has 1 aliphatic carbocycles. The first kappa shape index (κ1) is 17.7. The molecule has 2 aliphatic rings. The van der Waals surface area contributed by atoms with E-state index in [-0.39, 0.29) is 25.0 Å². The van der Waals surface area contributed by atoms with Crippen LogP contribution in [0.25, 0.3) is 11.2 Å². The molecule has 1 saturated heterocycles. The Bertz CT molecular complexity index is 832. The summed E-state index contributed by atoms with van der Waals surface area (Å²) in [6.07, 6.45) is 4.54. The zero-order valence-electron chi connectivity index (χ0n) is 14.8. The number of fused-ring (bicyclic) bond motifs is 1. The van der Waals surface area contributed by atoms with Gasteiger partial charge in [-0.05, 0) is 57.7 Å². The zero-order valence-corrected chi connectivity index (χ0v) is 15.6. The van der Waals surface area contributed by atoms with E-state index >= 15 is 0 Å². The largest absolute Gasteiger partial charge is 0.295 e. The predicted octanol–water partition coefficient (Wildman–Crippen LogP) is 3.57. The summed E-state index contributed by atoms with van der Waals surface area (Å²) in [6, 6.07) is 3.79. The van der Waals surface area contributed by atoms with Crippen molar-refractivity contribution in [1.29, 1.82) is 0 Å². The lowest BCUT2D eigenvalue weighted by Crippen LogP contribution is -2.46. The van der Waals surface area contributed by atoms with Gasteiger partial charge in [0, 0.05) is 12.6 Å². The monoisotopic (exact) mass is 379 g/mol. The quantitative estimate of drug-likeness (QED) is 0.825. The number of piperidine rings is 1. The van der Waals surface area contributed by atoms with E-state index in [1.165, 1.54) is 0 Å². The Morgan fingerprint density at radius 1 is 1.38 bits per heavy atom. The normalized spacial score (nSPS) is 24.6. The van der Waals surface area contributed by atoms with Crippen LogP contribution in [0.2, 0.25) is 5.15 Å². The molecule has 1 atom stereocenters. The van der Waals surface area contributed by atoms with E-state index in [1.54, 1.807) is 13.0 Å². The van der Waals surface area contributed by atoms with Crippen molar-refractivity contribution < 1.29 is 9.18 Å². The van der Waals surface area contributed by atoms with Crippen molar-refractivity contribution in [2.75, 3.05) is 25.0 Å². The molecule has 0 aromatic carbocycles. The van der Waals surface area contributed by atoms with Gasteiger partial charge in [0.2, 0.25) is 11.9 Å². The molecular weight excluding hydrogens is 357 g/mol. The van der Waals surface area contributed by atoms with E-state index in [4.69, 9.17) is 11.6 Å². The van der Waals surface area contributed by atoms with Crippen LogP contribution in [0.3, 0.4) is 0 Å². The Morgan fingerprint density at radius 3 is 2.88 bits per heavy atom. The minimum atomic E-state index is -1.22. The number of alkyl halides is 1. The second-order valence-corrected chi connectivity index (χ2v) is 8.03. The van der Waals surface area contributed by atoms with Crippen LogP contribution in [0.5, 0.6) is 0 Å². The predicted molar refractivity (Wildman–Crippen MR) is 99.2 cm³/mol. The van der Waals surface area contributed by atoms with Crippen LogP contribution in [-0.4, -0.2) is 50.6 Å². The van der Waals surface area contributed by atoms with E-state index in [0.717, 1.165) is 32.2 Å². The molecule has 140 valence electrons. The lowest BCUT2D eigenvalue weighted by molar-refractivity contribution is -0.118. The number of anilines is 1. The third-order valence-electron chi connectivity index (χ3n) is 5.29. The number of aromatic nitrogens is 3. The third-order valence-corrected chi connectivity index (χ3v) is 5.50. The van der Waals surface area contributed by atoms with Gasteiger partial charge in [0.25, 0.3) is 0 Å². The topological polar surface area (TPSA) is 63.1 Å². The van der Waals surface area contributed by atoms with Gasteiger partial charge in [0.05, 0.1) is 6.54 Å². The molecular formula is C18H23ClFN5O. The number of hydrogen-bond donors (Lipinski definition) is 1. The number of carbonyl (C=O) groups excluding carboxylic acids is 1. The molecule has 26 heavy (non-hydrogen) atoms. The molecule has 2 aromatic heterocycles. The van der Waals surface area contributed by atoms with Crippen LogP contribution in [0, 0.1) is 0 Å². The van der Waals surface area contributed by atoms with Gasteiger partial charge in [-0.3, -0.25) is 19.6 Å². The van der Waals surface area contributed by atoms with Gasteiger partial charge in [-0.15, -0.1) is 0 Å². The summed E-state index contributed by atoms with van der Waals surface area (Å²) in [5, 5.41) is 3.32. The fourth-order valence-corrected chi connectivity index (χ4v) is 3.97. The zero-order chi connectivity index (χ0) is 18.3. The number of imidazole rings is 1. The van der Waals surface area contributed by atoms with Gasteiger partial charge < -0.3 is 0 Å². The number of halogens is 2. The van der Waals surface area contributed by atoms with Crippen molar-refractivity contribution in [2.45, 2.75) is 50.7 Å². The maximum atomic E-state index is 14.2. The third kappa shape index (κ3) is 3.55. The maximum Gasteiger partial charge on any atom is 0.240 e. The SMILES string of the molecule is CC1(F)CCCN(CC(=O)Nc2nc3ccc(Cl)nc3n2C2CCC2)C1. The van der Waals surface area contributed by atoms with Gasteiger partial charge in [-0.1, -0.05) is 11.6 Å². The highest BCUT2D eigenvalue weighted by atomic mass is 35.5. The Balaban J connectivity index is 1.54. The van der Waals surface area contributed by atoms with Crippen molar-refractivity contribution in [3.63, 3.8) is 0 Å². The number of carbonyl (C=O) groups is 1. The summed E-state index contributed by atoms with van der Waals surface area (Å²) in [4.78, 5) is 23.3. The van der Waals surface area contributed by atoms with Gasteiger partial charge in [-0.2, -0.15) is 0 Å². The van der Waals surface area contributed by atoms with Crippen molar-refractivity contribution in [3.05, 3.63) is 17.3 Å². The Hall–Kier alpha value is -1.73. The van der Waals surface area contributed by atoms with Crippen LogP contribution >= 0.6 is 11.6 Å². The number of hydrogen-bond acceptors (Lipinski definition) is 4. The van der Waals surface area contributed by atoms with Crippen LogP contribution in [0.15, 0.2) is 12.1 Å². The van der Waals surface area contributed by atoms with E-state index in [2.05, 4.69) is 15.3 Å². The van der Waals surface area contributed by atoms with Gasteiger partial charge in [-0.25, -0.2) is 14.4 Å². The van der Waals surface area contributed by atoms with Gasteiger partial charge in [0.15, 0.2) is 5.65 Å². The van der Waals surface area contributed by atoms with E-state index in [0.29, 0.717) is 28.7 Å². The van der Waals surface area contributed by atoms with Crippen molar-refractivity contribution in [1.82, 2.24) is 19.4 Å². The average molecular weight is 380 g/mol. The fourth-order valence-electron chi connectivity index (χ4n) is 3.83. The first-order chi connectivity index (χ1) is 12.4. The summed E-state index contributed by atoms with van der Waals surface area (Å²) in [5.74, 6) is 0.328. The minimum Gasteiger partial charge on any atom is -0.295 e. The molecule has 1 amide bonds. The van der Waals surface area contributed by atoms with Crippen LogP contribution < -0.4 is 5.32 Å². The molecule has 1 aliphatic heterocycles. The summed E-state index contributed by atoms with van der Waals surface area (Å²) in [6.45, 7) is 2.80. The number of likely N-dealkylation sites (tertiary alicyclic amines) is 1. The van der Waals surface area contributed by atoms with Crippen LogP contribution in [-0.2, 0) is 4.79 Å². The van der Waals surface area contributed by atoms with E-state index < -0.39 is 5.67 Å². The summed E-state index contributed by atoms with van der Waals surface area (Å²) in [7, 11) is 0. The summed E-state index contributed by atoms with van der Waals surface area (Å²) >= 11 is 6.05. The number of nitrogens with one attached hydrogen (secondary N) is 1. The molecule has 2 fully saturated rings. The van der Waals surface area contributed by atoms with Gasteiger partial charge in [0.1, 0.15) is 16.3 Å². The fraction of sp³-hybridized carbons (Fsp3) is 0.611. The molecule has 1 N–H and O–H groups in total. The number of pyridine rings is 1. The van der Waals surface area contributed by atoms with Crippen LogP contribution in [0.4, 0.5) is 10.3 Å². The summed E-state index contributed by atoms with van der Waals surface area (Å²) < 4.78 is 16.2. The highest BCUT2D eigenvalue weighted by Gasteiger charge is 2.32. The first-order valence-electron chi connectivity index (χ1n) is 9.17. The summed E-state index contributed by atoms with van der Waals surface area (Å²) in [5.41, 5.74) is 0.191. The van der Waals surface area contributed by atoms with Crippen molar-refractivity contribution in [2.24, 2.45) is 0 Å². The average Bonchev–Trinajstić information content (AvgIpc) is 2.82.